The fourth-order valence-electron chi connectivity index (χ4n) is 1.80. The summed E-state index contributed by atoms with van der Waals surface area (Å²) in [5.74, 6) is 0.540. The van der Waals surface area contributed by atoms with E-state index in [9.17, 15) is 0 Å². The van der Waals surface area contributed by atoms with Crippen molar-refractivity contribution in [1.29, 1.82) is 5.26 Å². The molecule has 2 rings (SSSR count). The van der Waals surface area contributed by atoms with E-state index in [4.69, 9.17) is 5.26 Å². The predicted molar refractivity (Wildman–Crippen MR) is 82.7 cm³/mol. The van der Waals surface area contributed by atoms with Crippen LogP contribution in [0.1, 0.15) is 30.9 Å². The smallest absolute Gasteiger partial charge is 0.100 e. The van der Waals surface area contributed by atoms with Crippen LogP contribution in [0.3, 0.4) is 0 Å². The number of hydrogen-bond donors (Lipinski definition) is 1. The maximum absolute atomic E-state index is 8.88. The number of rotatable bonds is 3. The van der Waals surface area contributed by atoms with Crippen molar-refractivity contribution in [3.05, 3.63) is 58.1 Å². The maximum Gasteiger partial charge on any atom is 0.100 e. The van der Waals surface area contributed by atoms with E-state index in [1.165, 1.54) is 5.56 Å². The Labute approximate surface area is 122 Å². The number of hydrogen-bond acceptors (Lipinski definition) is 2. The highest BCUT2D eigenvalue weighted by Gasteiger charge is 2.02. The second-order valence-electron chi connectivity index (χ2n) is 4.71. The minimum atomic E-state index is 0.540. The molecule has 0 amide bonds. The van der Waals surface area contributed by atoms with Crippen molar-refractivity contribution in [2.45, 2.75) is 19.8 Å². The Hall–Kier alpha value is -1.79. The van der Waals surface area contributed by atoms with Crippen LogP contribution >= 0.6 is 15.9 Å². The molecule has 0 unspecified atom stereocenters. The lowest BCUT2D eigenvalue weighted by Gasteiger charge is -2.10. The van der Waals surface area contributed by atoms with Crippen LogP contribution in [0, 0.1) is 11.3 Å². The fraction of sp³-hybridized carbons (Fsp3) is 0.188. The number of halogens is 1. The van der Waals surface area contributed by atoms with Crippen LogP contribution in [-0.2, 0) is 0 Å². The summed E-state index contributed by atoms with van der Waals surface area (Å²) in [4.78, 5) is 0. The molecule has 96 valence electrons. The molecule has 0 radical (unpaired) electrons. The Kier molecular flexibility index (Phi) is 4.24. The second kappa shape index (κ2) is 5.90. The average molecular weight is 315 g/mol. The molecule has 0 saturated heterocycles. The molecule has 0 heterocycles. The van der Waals surface area contributed by atoms with Gasteiger partial charge in [-0.15, -0.1) is 0 Å². The van der Waals surface area contributed by atoms with Gasteiger partial charge in [-0.25, -0.2) is 0 Å². The van der Waals surface area contributed by atoms with Crippen molar-refractivity contribution in [1.82, 2.24) is 0 Å². The standard InChI is InChI=1S/C16H15BrN2/c1-11(2)12-3-6-14(7-4-12)19-15-8-5-13(10-18)16(17)9-15/h3-9,11,19H,1-2H3. The quantitative estimate of drug-likeness (QED) is 0.846. The molecular weight excluding hydrogens is 300 g/mol. The van der Waals surface area contributed by atoms with Gasteiger partial charge in [0.05, 0.1) is 5.56 Å². The van der Waals surface area contributed by atoms with Gasteiger partial charge in [-0.05, 0) is 57.7 Å². The van der Waals surface area contributed by atoms with Crippen LogP contribution in [0.4, 0.5) is 11.4 Å². The van der Waals surface area contributed by atoms with Gasteiger partial charge in [0.1, 0.15) is 6.07 Å². The molecular formula is C16H15BrN2. The van der Waals surface area contributed by atoms with Crippen LogP contribution in [0.2, 0.25) is 0 Å². The summed E-state index contributed by atoms with van der Waals surface area (Å²) < 4.78 is 0.804. The van der Waals surface area contributed by atoms with E-state index in [1.54, 1.807) is 6.07 Å². The van der Waals surface area contributed by atoms with Crippen LogP contribution < -0.4 is 5.32 Å². The summed E-state index contributed by atoms with van der Waals surface area (Å²) >= 11 is 3.39. The van der Waals surface area contributed by atoms with Crippen LogP contribution in [-0.4, -0.2) is 0 Å². The predicted octanol–water partition coefficient (Wildman–Crippen LogP) is 5.19. The van der Waals surface area contributed by atoms with E-state index in [1.807, 2.05) is 12.1 Å². The molecule has 0 spiro atoms. The third kappa shape index (κ3) is 3.36. The summed E-state index contributed by atoms with van der Waals surface area (Å²) in [6.45, 7) is 4.36. The molecule has 0 fully saturated rings. The topological polar surface area (TPSA) is 35.8 Å². The highest BCUT2D eigenvalue weighted by molar-refractivity contribution is 9.10. The zero-order valence-corrected chi connectivity index (χ0v) is 12.5. The monoisotopic (exact) mass is 314 g/mol. The molecule has 0 aliphatic rings. The number of benzene rings is 2. The molecule has 0 aliphatic carbocycles. The molecule has 2 aromatic carbocycles. The van der Waals surface area contributed by atoms with Crippen molar-refractivity contribution in [3.8, 4) is 6.07 Å². The minimum absolute atomic E-state index is 0.540. The normalized spacial score (nSPS) is 10.3. The molecule has 1 N–H and O–H groups in total. The number of nitrogens with one attached hydrogen (secondary N) is 1. The largest absolute Gasteiger partial charge is 0.355 e. The lowest BCUT2D eigenvalue weighted by molar-refractivity contribution is 0.867. The van der Waals surface area contributed by atoms with Gasteiger partial charge in [-0.3, -0.25) is 0 Å². The lowest BCUT2D eigenvalue weighted by Crippen LogP contribution is -1.92. The summed E-state index contributed by atoms with van der Waals surface area (Å²) in [5.41, 5.74) is 3.97. The summed E-state index contributed by atoms with van der Waals surface area (Å²) in [6, 6.07) is 16.1. The van der Waals surface area contributed by atoms with Gasteiger partial charge in [0, 0.05) is 15.8 Å². The third-order valence-electron chi connectivity index (χ3n) is 2.96. The van der Waals surface area contributed by atoms with Gasteiger partial charge in [0.2, 0.25) is 0 Å². The highest BCUT2D eigenvalue weighted by Crippen LogP contribution is 2.24. The summed E-state index contributed by atoms with van der Waals surface area (Å²) in [5, 5.41) is 12.2. The zero-order chi connectivity index (χ0) is 13.8. The van der Waals surface area contributed by atoms with E-state index in [0.717, 1.165) is 15.8 Å². The van der Waals surface area contributed by atoms with Gasteiger partial charge in [0.25, 0.3) is 0 Å². The van der Waals surface area contributed by atoms with Gasteiger partial charge in [-0.2, -0.15) is 5.26 Å². The number of nitriles is 1. The van der Waals surface area contributed by atoms with Crippen molar-refractivity contribution >= 4 is 27.3 Å². The highest BCUT2D eigenvalue weighted by atomic mass is 79.9. The van der Waals surface area contributed by atoms with Crippen LogP contribution in [0.25, 0.3) is 0 Å². The zero-order valence-electron chi connectivity index (χ0n) is 10.9. The van der Waals surface area contributed by atoms with E-state index in [0.29, 0.717) is 11.5 Å². The lowest BCUT2D eigenvalue weighted by atomic mass is 10.0. The molecule has 0 aromatic heterocycles. The van der Waals surface area contributed by atoms with Gasteiger partial charge in [-0.1, -0.05) is 26.0 Å². The molecule has 2 aromatic rings. The molecule has 0 aliphatic heterocycles. The summed E-state index contributed by atoms with van der Waals surface area (Å²) in [6.07, 6.45) is 0. The van der Waals surface area contributed by atoms with E-state index >= 15 is 0 Å². The first-order chi connectivity index (χ1) is 9.10. The first-order valence-corrected chi connectivity index (χ1v) is 6.96. The van der Waals surface area contributed by atoms with Gasteiger partial charge >= 0.3 is 0 Å². The second-order valence-corrected chi connectivity index (χ2v) is 5.56. The van der Waals surface area contributed by atoms with Crippen molar-refractivity contribution in [2.24, 2.45) is 0 Å². The third-order valence-corrected chi connectivity index (χ3v) is 3.61. The molecule has 0 bridgehead atoms. The van der Waals surface area contributed by atoms with E-state index in [2.05, 4.69) is 65.4 Å². The van der Waals surface area contributed by atoms with Crippen molar-refractivity contribution in [2.75, 3.05) is 5.32 Å². The average Bonchev–Trinajstić information content (AvgIpc) is 2.39. The summed E-state index contributed by atoms with van der Waals surface area (Å²) in [7, 11) is 0. The molecule has 0 atom stereocenters. The van der Waals surface area contributed by atoms with Crippen molar-refractivity contribution in [3.63, 3.8) is 0 Å². The maximum atomic E-state index is 8.88. The Bertz CT molecular complexity index is 610. The SMILES string of the molecule is CC(C)c1ccc(Nc2ccc(C#N)c(Br)c2)cc1. The Morgan fingerprint density at radius 3 is 2.21 bits per heavy atom. The van der Waals surface area contributed by atoms with Gasteiger partial charge in [0.15, 0.2) is 0 Å². The fourth-order valence-corrected chi connectivity index (χ4v) is 2.27. The number of nitrogens with zero attached hydrogens (tertiary/aromatic N) is 1. The molecule has 0 saturated carbocycles. The van der Waals surface area contributed by atoms with E-state index in [-0.39, 0.29) is 0 Å². The molecule has 2 nitrogen and oxygen atoms in total. The number of anilines is 2. The Morgan fingerprint density at radius 2 is 1.68 bits per heavy atom. The Balaban J connectivity index is 2.17. The van der Waals surface area contributed by atoms with E-state index < -0.39 is 0 Å². The Morgan fingerprint density at radius 1 is 1.05 bits per heavy atom. The van der Waals surface area contributed by atoms with Crippen LogP contribution in [0.15, 0.2) is 46.9 Å². The molecule has 19 heavy (non-hydrogen) atoms. The van der Waals surface area contributed by atoms with Crippen LogP contribution in [0.5, 0.6) is 0 Å². The van der Waals surface area contributed by atoms with Gasteiger partial charge < -0.3 is 5.32 Å². The molecule has 3 heteroatoms. The first-order valence-electron chi connectivity index (χ1n) is 6.17. The minimum Gasteiger partial charge on any atom is -0.355 e. The first kappa shape index (κ1) is 13.6. The van der Waals surface area contributed by atoms with Crippen molar-refractivity contribution < 1.29 is 0 Å².